The molecule has 0 N–H and O–H groups in total. The minimum Gasteiger partial charge on any atom is -0.493 e. The predicted octanol–water partition coefficient (Wildman–Crippen LogP) is 3.03. The zero-order valence-corrected chi connectivity index (χ0v) is 16.5. The molecule has 1 aliphatic rings. The summed E-state index contributed by atoms with van der Waals surface area (Å²) in [6, 6.07) is 7.40. The molecule has 150 valence electrons. The van der Waals surface area contributed by atoms with E-state index in [1.807, 2.05) is 36.2 Å². The zero-order chi connectivity index (χ0) is 20.2. The van der Waals surface area contributed by atoms with Gasteiger partial charge in [0, 0.05) is 44.6 Å². The van der Waals surface area contributed by atoms with Crippen molar-refractivity contribution in [3.63, 3.8) is 0 Å². The Bertz CT molecular complexity index is 1000. The number of para-hydroxylation sites is 2. The van der Waals surface area contributed by atoms with Crippen LogP contribution in [-0.4, -0.2) is 50.5 Å². The van der Waals surface area contributed by atoms with E-state index in [2.05, 4.69) is 15.0 Å². The Morgan fingerprint density at radius 2 is 2.03 bits per heavy atom. The van der Waals surface area contributed by atoms with Crippen LogP contribution in [-0.2, 0) is 7.05 Å². The molecule has 8 nitrogen and oxygen atoms in total. The van der Waals surface area contributed by atoms with Gasteiger partial charge in [0.2, 0.25) is 5.88 Å². The number of hydrogen-bond donors (Lipinski definition) is 0. The molecule has 1 atom stereocenters. The predicted molar refractivity (Wildman–Crippen MR) is 106 cm³/mol. The van der Waals surface area contributed by atoms with E-state index >= 15 is 0 Å². The van der Waals surface area contributed by atoms with Gasteiger partial charge < -0.3 is 18.9 Å². The van der Waals surface area contributed by atoms with Gasteiger partial charge in [0.15, 0.2) is 17.3 Å². The van der Waals surface area contributed by atoms with Crippen molar-refractivity contribution in [2.45, 2.75) is 18.8 Å². The van der Waals surface area contributed by atoms with Crippen molar-refractivity contribution in [1.29, 1.82) is 0 Å². The summed E-state index contributed by atoms with van der Waals surface area (Å²) >= 11 is 0. The standard InChI is InChI=1S/C21H23N5O3/c1-25-11-9-23-20(25)21(27)26-10-5-6-15(14-26)16-12-22-13-19(24-16)29-18-8-4-3-7-17(18)28-2/h3-4,7-9,11-13,15H,5-6,10,14H2,1-2H3/t15-/m1/s1. The van der Waals surface area contributed by atoms with Crippen molar-refractivity contribution < 1.29 is 14.3 Å². The van der Waals surface area contributed by atoms with Crippen LogP contribution in [0.1, 0.15) is 35.1 Å². The first-order chi connectivity index (χ1) is 14.2. The highest BCUT2D eigenvalue weighted by molar-refractivity contribution is 5.90. The summed E-state index contributed by atoms with van der Waals surface area (Å²) in [5.74, 6) is 2.10. The SMILES string of the molecule is COc1ccccc1Oc1cncc([C@@H]2CCCN(C(=O)c3nccn3C)C2)n1. The molecule has 1 fully saturated rings. The quantitative estimate of drug-likeness (QED) is 0.663. The number of imidazole rings is 1. The average Bonchev–Trinajstić information content (AvgIpc) is 3.20. The summed E-state index contributed by atoms with van der Waals surface area (Å²) < 4.78 is 13.0. The van der Waals surface area contributed by atoms with E-state index in [1.54, 1.807) is 36.5 Å². The van der Waals surface area contributed by atoms with E-state index in [0.717, 1.165) is 18.5 Å². The summed E-state index contributed by atoms with van der Waals surface area (Å²) in [7, 11) is 3.42. The third kappa shape index (κ3) is 4.06. The topological polar surface area (TPSA) is 82.4 Å². The maximum Gasteiger partial charge on any atom is 0.289 e. The van der Waals surface area contributed by atoms with Crippen LogP contribution in [0.5, 0.6) is 17.4 Å². The summed E-state index contributed by atoms with van der Waals surface area (Å²) in [6.07, 6.45) is 8.58. The number of hydrogen-bond acceptors (Lipinski definition) is 6. The molecule has 0 bridgehead atoms. The summed E-state index contributed by atoms with van der Waals surface area (Å²) in [5, 5.41) is 0. The number of aryl methyl sites for hydroxylation is 1. The Kier molecular flexibility index (Phi) is 5.41. The van der Waals surface area contributed by atoms with Gasteiger partial charge in [-0.3, -0.25) is 9.78 Å². The van der Waals surface area contributed by atoms with Crippen molar-refractivity contribution in [3.8, 4) is 17.4 Å². The van der Waals surface area contributed by atoms with E-state index in [4.69, 9.17) is 9.47 Å². The lowest BCUT2D eigenvalue weighted by atomic mass is 9.95. The van der Waals surface area contributed by atoms with Gasteiger partial charge in [-0.05, 0) is 25.0 Å². The molecular weight excluding hydrogens is 370 g/mol. The summed E-state index contributed by atoms with van der Waals surface area (Å²) in [6.45, 7) is 1.30. The first-order valence-corrected chi connectivity index (χ1v) is 9.55. The van der Waals surface area contributed by atoms with Crippen LogP contribution in [0, 0.1) is 0 Å². The number of ether oxygens (including phenoxy) is 2. The molecule has 29 heavy (non-hydrogen) atoms. The van der Waals surface area contributed by atoms with Gasteiger partial charge in [-0.25, -0.2) is 9.97 Å². The second kappa shape index (κ2) is 8.30. The zero-order valence-electron chi connectivity index (χ0n) is 16.5. The number of carbonyl (C=O) groups excluding carboxylic acids is 1. The Morgan fingerprint density at radius 3 is 2.79 bits per heavy atom. The molecule has 0 saturated carbocycles. The lowest BCUT2D eigenvalue weighted by Crippen LogP contribution is -2.40. The molecule has 1 amide bonds. The van der Waals surface area contributed by atoms with E-state index in [-0.39, 0.29) is 11.8 Å². The number of benzene rings is 1. The molecule has 4 rings (SSSR count). The molecule has 3 aromatic rings. The number of methoxy groups -OCH3 is 1. The third-order valence-corrected chi connectivity index (χ3v) is 5.05. The van der Waals surface area contributed by atoms with Gasteiger partial charge in [-0.15, -0.1) is 0 Å². The van der Waals surface area contributed by atoms with Crippen molar-refractivity contribution in [2.24, 2.45) is 7.05 Å². The molecule has 2 aromatic heterocycles. The second-order valence-electron chi connectivity index (χ2n) is 6.99. The van der Waals surface area contributed by atoms with E-state index in [1.165, 1.54) is 0 Å². The Balaban J connectivity index is 1.50. The number of likely N-dealkylation sites (tertiary alicyclic amines) is 1. The van der Waals surface area contributed by atoms with Gasteiger partial charge in [-0.2, -0.15) is 0 Å². The van der Waals surface area contributed by atoms with Gasteiger partial charge >= 0.3 is 0 Å². The maximum absolute atomic E-state index is 12.8. The number of amides is 1. The van der Waals surface area contributed by atoms with Gasteiger partial charge in [0.1, 0.15) is 0 Å². The van der Waals surface area contributed by atoms with Crippen molar-refractivity contribution in [1.82, 2.24) is 24.4 Å². The molecule has 3 heterocycles. The highest BCUT2D eigenvalue weighted by Gasteiger charge is 2.28. The molecule has 0 spiro atoms. The maximum atomic E-state index is 12.8. The lowest BCUT2D eigenvalue weighted by Gasteiger charge is -2.32. The van der Waals surface area contributed by atoms with Crippen LogP contribution >= 0.6 is 0 Å². The Labute approximate surface area is 169 Å². The smallest absolute Gasteiger partial charge is 0.289 e. The van der Waals surface area contributed by atoms with Gasteiger partial charge in [0.05, 0.1) is 19.0 Å². The lowest BCUT2D eigenvalue weighted by molar-refractivity contribution is 0.0689. The summed E-state index contributed by atoms with van der Waals surface area (Å²) in [5.41, 5.74) is 0.815. The first-order valence-electron chi connectivity index (χ1n) is 9.55. The summed E-state index contributed by atoms with van der Waals surface area (Å²) in [4.78, 5) is 27.8. The minimum absolute atomic E-state index is 0.0587. The normalized spacial score (nSPS) is 16.5. The van der Waals surface area contributed by atoms with Gasteiger partial charge in [-0.1, -0.05) is 12.1 Å². The molecule has 0 aliphatic carbocycles. The van der Waals surface area contributed by atoms with Crippen LogP contribution in [0.2, 0.25) is 0 Å². The molecule has 8 heteroatoms. The highest BCUT2D eigenvalue weighted by Crippen LogP contribution is 2.31. The number of carbonyl (C=O) groups is 1. The minimum atomic E-state index is -0.0587. The largest absolute Gasteiger partial charge is 0.493 e. The fourth-order valence-corrected chi connectivity index (χ4v) is 3.54. The van der Waals surface area contributed by atoms with Crippen LogP contribution < -0.4 is 9.47 Å². The van der Waals surface area contributed by atoms with E-state index in [9.17, 15) is 4.79 Å². The van der Waals surface area contributed by atoms with E-state index < -0.39 is 0 Å². The monoisotopic (exact) mass is 393 g/mol. The van der Waals surface area contributed by atoms with Crippen molar-refractivity contribution in [2.75, 3.05) is 20.2 Å². The number of aromatic nitrogens is 4. The first kappa shape index (κ1) is 18.9. The number of nitrogens with zero attached hydrogens (tertiary/aromatic N) is 5. The molecule has 0 unspecified atom stereocenters. The Hall–Kier alpha value is -3.42. The van der Waals surface area contributed by atoms with Crippen LogP contribution in [0.4, 0.5) is 0 Å². The third-order valence-electron chi connectivity index (χ3n) is 5.05. The fourth-order valence-electron chi connectivity index (χ4n) is 3.54. The van der Waals surface area contributed by atoms with Crippen molar-refractivity contribution >= 4 is 5.91 Å². The average molecular weight is 393 g/mol. The van der Waals surface area contributed by atoms with Gasteiger partial charge in [0.25, 0.3) is 5.91 Å². The van der Waals surface area contributed by atoms with Crippen molar-refractivity contribution in [3.05, 3.63) is 60.6 Å². The Morgan fingerprint density at radius 1 is 1.21 bits per heavy atom. The van der Waals surface area contributed by atoms with Crippen LogP contribution in [0.3, 0.4) is 0 Å². The number of piperidine rings is 1. The van der Waals surface area contributed by atoms with E-state index in [0.29, 0.717) is 36.3 Å². The second-order valence-corrected chi connectivity index (χ2v) is 6.99. The fraction of sp³-hybridized carbons (Fsp3) is 0.333. The molecular formula is C21H23N5O3. The molecule has 1 aromatic carbocycles. The molecule has 0 radical (unpaired) electrons. The molecule has 1 aliphatic heterocycles. The highest BCUT2D eigenvalue weighted by atomic mass is 16.5. The van der Waals surface area contributed by atoms with Crippen LogP contribution in [0.25, 0.3) is 0 Å². The number of rotatable bonds is 5. The molecule has 1 saturated heterocycles. The van der Waals surface area contributed by atoms with Crippen LogP contribution in [0.15, 0.2) is 49.1 Å².